The summed E-state index contributed by atoms with van der Waals surface area (Å²) in [5, 5.41) is 9.09. The van der Waals surface area contributed by atoms with Crippen LogP contribution in [0, 0.1) is 6.92 Å². The number of Topliss-reactive ketones (excluding diaryl/α,β-unsaturated/α-hetero) is 1. The summed E-state index contributed by atoms with van der Waals surface area (Å²) < 4.78 is 1.57. The summed E-state index contributed by atoms with van der Waals surface area (Å²) in [5.74, 6) is 0.133. The third kappa shape index (κ3) is 2.71. The average molecular weight is 422 g/mol. The van der Waals surface area contributed by atoms with Gasteiger partial charge in [-0.25, -0.2) is 4.68 Å². The van der Waals surface area contributed by atoms with Crippen LogP contribution in [-0.4, -0.2) is 15.6 Å². The number of ketones is 1. The van der Waals surface area contributed by atoms with Gasteiger partial charge in [0.2, 0.25) is 0 Å². The van der Waals surface area contributed by atoms with Crippen LogP contribution in [0.2, 0.25) is 0 Å². The Morgan fingerprint density at radius 3 is 2.53 bits per heavy atom. The van der Waals surface area contributed by atoms with Gasteiger partial charge >= 0.3 is 0 Å². The standard InChI is InChI=1S/C27H23N3O2/c1-16-23(27(32)30(29-16)18-9-3-2-4-10-18)26-25-20(12-7-13-22(25)31)24-19-11-6-5-8-17(19)14-15-21(24)28-26/h2-6,8-11,14-15,26,28-29H,7,12-13H2,1H3. The normalized spacial score (nSPS) is 17.8. The van der Waals surface area contributed by atoms with Crippen LogP contribution in [0.1, 0.15) is 42.1 Å². The second-order valence-corrected chi connectivity index (χ2v) is 8.58. The first-order valence-corrected chi connectivity index (χ1v) is 11.1. The Balaban J connectivity index is 1.59. The number of nitrogens with zero attached hydrogens (tertiary/aromatic N) is 1. The minimum atomic E-state index is -0.458. The van der Waals surface area contributed by atoms with Crippen molar-refractivity contribution in [2.75, 3.05) is 5.32 Å². The fourth-order valence-electron chi connectivity index (χ4n) is 5.28. The molecule has 2 N–H and O–H groups in total. The van der Waals surface area contributed by atoms with Crippen LogP contribution in [0.25, 0.3) is 22.0 Å². The highest BCUT2D eigenvalue weighted by molar-refractivity contribution is 6.12. The number of anilines is 1. The molecule has 6 rings (SSSR count). The number of aromatic amines is 1. The first-order chi connectivity index (χ1) is 15.6. The molecule has 1 aromatic heterocycles. The van der Waals surface area contributed by atoms with Crippen LogP contribution in [-0.2, 0) is 4.79 Å². The van der Waals surface area contributed by atoms with Gasteiger partial charge < -0.3 is 5.32 Å². The van der Waals surface area contributed by atoms with Crippen LogP contribution in [0.5, 0.6) is 0 Å². The molecule has 2 aliphatic rings. The lowest BCUT2D eigenvalue weighted by atomic mass is 9.77. The number of carbonyl (C=O) groups is 1. The third-order valence-corrected chi connectivity index (χ3v) is 6.70. The molecule has 0 saturated carbocycles. The van der Waals surface area contributed by atoms with Crippen molar-refractivity contribution < 1.29 is 4.79 Å². The Morgan fingerprint density at radius 1 is 0.906 bits per heavy atom. The number of hydrogen-bond donors (Lipinski definition) is 2. The van der Waals surface area contributed by atoms with Gasteiger partial charge in [0, 0.05) is 28.9 Å². The van der Waals surface area contributed by atoms with Crippen molar-refractivity contribution in [3.8, 4) is 5.69 Å². The van der Waals surface area contributed by atoms with Crippen molar-refractivity contribution >= 4 is 27.8 Å². The van der Waals surface area contributed by atoms with Gasteiger partial charge in [0.15, 0.2) is 5.78 Å². The Bertz CT molecular complexity index is 1470. The number of aryl methyl sites for hydroxylation is 1. The first kappa shape index (κ1) is 18.9. The Hall–Kier alpha value is -3.86. The van der Waals surface area contributed by atoms with E-state index in [1.807, 2.05) is 49.4 Å². The quantitative estimate of drug-likeness (QED) is 0.461. The van der Waals surface area contributed by atoms with E-state index < -0.39 is 6.04 Å². The van der Waals surface area contributed by atoms with E-state index in [2.05, 4.69) is 34.7 Å². The fourth-order valence-corrected chi connectivity index (χ4v) is 5.28. The zero-order valence-electron chi connectivity index (χ0n) is 17.8. The van der Waals surface area contributed by atoms with Gasteiger partial charge in [-0.15, -0.1) is 0 Å². The van der Waals surface area contributed by atoms with Crippen LogP contribution < -0.4 is 10.9 Å². The molecular weight excluding hydrogens is 398 g/mol. The highest BCUT2D eigenvalue weighted by Gasteiger charge is 2.37. The van der Waals surface area contributed by atoms with Crippen LogP contribution in [0.15, 0.2) is 77.1 Å². The van der Waals surface area contributed by atoms with Crippen molar-refractivity contribution in [1.29, 1.82) is 0 Å². The number of benzene rings is 3. The Morgan fingerprint density at radius 2 is 1.69 bits per heavy atom. The number of H-pyrrole nitrogens is 1. The summed E-state index contributed by atoms with van der Waals surface area (Å²) in [4.78, 5) is 26.8. The zero-order valence-corrected chi connectivity index (χ0v) is 17.8. The molecule has 5 heteroatoms. The van der Waals surface area contributed by atoms with Crippen LogP contribution in [0.3, 0.4) is 0 Å². The molecule has 0 bridgehead atoms. The van der Waals surface area contributed by atoms with E-state index >= 15 is 0 Å². The maximum atomic E-state index is 13.6. The molecule has 0 amide bonds. The predicted molar refractivity (Wildman–Crippen MR) is 127 cm³/mol. The SMILES string of the molecule is Cc1[nH]n(-c2ccccc2)c(=O)c1C1Nc2ccc3ccccc3c2C2=C1C(=O)CCC2. The first-order valence-electron chi connectivity index (χ1n) is 11.1. The van der Waals surface area contributed by atoms with Gasteiger partial charge in [-0.2, -0.15) is 0 Å². The molecule has 0 radical (unpaired) electrons. The summed E-state index contributed by atoms with van der Waals surface area (Å²) >= 11 is 0. The van der Waals surface area contributed by atoms with Crippen molar-refractivity contribution in [3.05, 3.63) is 99.5 Å². The molecule has 1 atom stereocenters. The minimum absolute atomic E-state index is 0.124. The van der Waals surface area contributed by atoms with Crippen molar-refractivity contribution in [1.82, 2.24) is 9.78 Å². The molecule has 5 nitrogen and oxygen atoms in total. The molecule has 2 heterocycles. The lowest BCUT2D eigenvalue weighted by Gasteiger charge is -2.34. The number of carbonyl (C=O) groups excluding carboxylic acids is 1. The maximum Gasteiger partial charge on any atom is 0.277 e. The molecule has 1 aliphatic carbocycles. The summed E-state index contributed by atoms with van der Waals surface area (Å²) in [5.41, 5.74) is 5.95. The van der Waals surface area contributed by atoms with E-state index in [0.29, 0.717) is 12.0 Å². The molecule has 1 unspecified atom stereocenters. The highest BCUT2D eigenvalue weighted by Crippen LogP contribution is 2.47. The molecule has 0 fully saturated rings. The molecule has 1 aliphatic heterocycles. The fraction of sp³-hybridized carbons (Fsp3) is 0.185. The lowest BCUT2D eigenvalue weighted by Crippen LogP contribution is -2.31. The molecular formula is C27H23N3O2. The number of rotatable bonds is 2. The van der Waals surface area contributed by atoms with E-state index in [1.165, 1.54) is 0 Å². The van der Waals surface area contributed by atoms with Gasteiger partial charge in [0.05, 0.1) is 17.3 Å². The monoisotopic (exact) mass is 421 g/mol. The Kier molecular flexibility index (Phi) is 4.18. The number of fused-ring (bicyclic) bond motifs is 4. The molecule has 32 heavy (non-hydrogen) atoms. The molecule has 0 saturated heterocycles. The van der Waals surface area contributed by atoms with Crippen LogP contribution in [0.4, 0.5) is 5.69 Å². The molecule has 3 aromatic carbocycles. The van der Waals surface area contributed by atoms with Crippen LogP contribution >= 0.6 is 0 Å². The van der Waals surface area contributed by atoms with E-state index in [-0.39, 0.29) is 11.3 Å². The zero-order chi connectivity index (χ0) is 21.8. The second-order valence-electron chi connectivity index (χ2n) is 8.58. The Labute approximate surface area is 185 Å². The number of allylic oxidation sites excluding steroid dienone is 1. The summed E-state index contributed by atoms with van der Waals surface area (Å²) in [7, 11) is 0. The lowest BCUT2D eigenvalue weighted by molar-refractivity contribution is -0.116. The second kappa shape index (κ2) is 7.09. The highest BCUT2D eigenvalue weighted by atomic mass is 16.1. The summed E-state index contributed by atoms with van der Waals surface area (Å²) in [6, 6.07) is 21.5. The van der Waals surface area contributed by atoms with E-state index in [4.69, 9.17) is 0 Å². The molecule has 0 spiro atoms. The number of nitrogens with one attached hydrogen (secondary N) is 2. The molecule has 4 aromatic rings. The van der Waals surface area contributed by atoms with Gasteiger partial charge in [0.25, 0.3) is 5.56 Å². The average Bonchev–Trinajstić information content (AvgIpc) is 3.12. The van der Waals surface area contributed by atoms with Crippen molar-refractivity contribution in [2.24, 2.45) is 0 Å². The third-order valence-electron chi connectivity index (χ3n) is 6.70. The van der Waals surface area contributed by atoms with E-state index in [1.54, 1.807) is 4.68 Å². The maximum absolute atomic E-state index is 13.6. The predicted octanol–water partition coefficient (Wildman–Crippen LogP) is 5.30. The van der Waals surface area contributed by atoms with Gasteiger partial charge in [-0.3, -0.25) is 14.7 Å². The van der Waals surface area contributed by atoms with Crippen molar-refractivity contribution in [2.45, 2.75) is 32.2 Å². The van der Waals surface area contributed by atoms with E-state index in [9.17, 15) is 9.59 Å². The molecule has 158 valence electrons. The summed E-state index contributed by atoms with van der Waals surface area (Å²) in [6.07, 6.45) is 2.21. The van der Waals surface area contributed by atoms with Gasteiger partial charge in [-0.1, -0.05) is 48.5 Å². The van der Waals surface area contributed by atoms with Gasteiger partial charge in [0.1, 0.15) is 0 Å². The number of para-hydroxylation sites is 1. The number of aromatic nitrogens is 2. The van der Waals surface area contributed by atoms with Gasteiger partial charge in [-0.05, 0) is 54.3 Å². The topological polar surface area (TPSA) is 66.9 Å². The van der Waals surface area contributed by atoms with Crippen molar-refractivity contribution in [3.63, 3.8) is 0 Å². The largest absolute Gasteiger partial charge is 0.373 e. The summed E-state index contributed by atoms with van der Waals surface area (Å²) in [6.45, 7) is 1.90. The smallest absolute Gasteiger partial charge is 0.277 e. The minimum Gasteiger partial charge on any atom is -0.373 e. The number of hydrogen-bond acceptors (Lipinski definition) is 3. The van der Waals surface area contributed by atoms with E-state index in [0.717, 1.165) is 57.4 Å².